The van der Waals surface area contributed by atoms with Crippen molar-refractivity contribution in [3.8, 4) is 0 Å². The van der Waals surface area contributed by atoms with E-state index in [0.717, 1.165) is 0 Å². The molecular weight excluding hydrogens is 56.0 g/mol. The first-order chi connectivity index (χ1) is 1.91. The largest absolute Gasteiger partial charge is 0.315 e. The van der Waals surface area contributed by atoms with Crippen molar-refractivity contribution in [1.29, 1.82) is 0 Å². The Hall–Kier alpha value is -0.120. The normalized spacial score (nSPS) is 7.50. The van der Waals surface area contributed by atoms with Crippen molar-refractivity contribution in [2.75, 3.05) is 6.67 Å². The Kier molecular flexibility index (Phi) is 2.79. The second-order valence-electron chi connectivity index (χ2n) is 0.324. The maximum atomic E-state index is 7.38. The van der Waals surface area contributed by atoms with E-state index in [1.54, 1.807) is 0 Å². The second kappa shape index (κ2) is 2.88. The molecule has 0 aromatic carbocycles. The molecule has 0 rings (SSSR count). The van der Waals surface area contributed by atoms with E-state index >= 15 is 0 Å². The Bertz CT molecular complexity index is 8.00. The quantitative estimate of drug-likeness (QED) is 0.378. The Morgan fingerprint density at radius 2 is 2.25 bits per heavy atom. The van der Waals surface area contributed by atoms with Crippen molar-refractivity contribution >= 4 is 0 Å². The van der Waals surface area contributed by atoms with Gasteiger partial charge < -0.3 is 5.73 Å². The summed E-state index contributed by atoms with van der Waals surface area (Å²) in [5.74, 6) is 0. The zero-order chi connectivity index (χ0) is 3.41. The van der Waals surface area contributed by atoms with Gasteiger partial charge in [-0.15, -0.1) is 0 Å². The molecular formula is CH5N2O. The summed E-state index contributed by atoms with van der Waals surface area (Å²) in [6.45, 7) is 0. The number of hydroxylamine groups is 1. The van der Waals surface area contributed by atoms with Crippen LogP contribution < -0.4 is 11.2 Å². The van der Waals surface area contributed by atoms with E-state index < -0.39 is 0 Å². The lowest BCUT2D eigenvalue weighted by Gasteiger charge is -1.71. The third kappa shape index (κ3) is 1.88. The minimum atomic E-state index is 0. The summed E-state index contributed by atoms with van der Waals surface area (Å²) >= 11 is 0. The highest BCUT2D eigenvalue weighted by Crippen LogP contribution is 1.22. The predicted molar refractivity (Wildman–Crippen MR) is 13.0 cm³/mol. The fourth-order valence-corrected chi connectivity index (χ4v) is 0. The average molecular weight is 61.1 g/mol. The maximum Gasteiger partial charge on any atom is 0.0893 e. The van der Waals surface area contributed by atoms with Gasteiger partial charge in [-0.25, -0.2) is 0 Å². The molecule has 3 nitrogen and oxygen atoms in total. The van der Waals surface area contributed by atoms with Gasteiger partial charge in [0.15, 0.2) is 0 Å². The number of nitrogens with two attached hydrogens (primary N) is 1. The third-order valence-corrected chi connectivity index (χ3v) is 0.0816. The lowest BCUT2D eigenvalue weighted by Crippen LogP contribution is -2.09. The van der Waals surface area contributed by atoms with Gasteiger partial charge in [0, 0.05) is 0 Å². The van der Waals surface area contributed by atoms with E-state index in [1.165, 1.54) is 0 Å². The molecule has 1 radical (unpaired) electrons. The van der Waals surface area contributed by atoms with Crippen molar-refractivity contribution in [3.05, 3.63) is 0 Å². The second-order valence-corrected chi connectivity index (χ2v) is 0.324. The molecule has 0 heterocycles. The van der Waals surface area contributed by atoms with Crippen LogP contribution in [-0.2, 0) is 0 Å². The van der Waals surface area contributed by atoms with Crippen molar-refractivity contribution in [1.82, 2.24) is 5.48 Å². The number of nitrogens with zero attached hydrogens (tertiary/aromatic N) is 1. The van der Waals surface area contributed by atoms with Crippen LogP contribution in [0.4, 0.5) is 0 Å². The van der Waals surface area contributed by atoms with E-state index in [9.17, 15) is 0 Å². The summed E-state index contributed by atoms with van der Waals surface area (Å²) < 4.78 is 0. The summed E-state index contributed by atoms with van der Waals surface area (Å²) in [6, 6.07) is 0. The third-order valence-electron chi connectivity index (χ3n) is 0.0816. The standard InChI is InChI=1S/CH5N2O/c2-1-3-4/h4H,1-2H2. The average Bonchev–Trinajstić information content (AvgIpc) is 1.37. The molecule has 3 heteroatoms. The molecule has 0 bridgehead atoms. The molecule has 0 fully saturated rings. The molecule has 0 unspecified atom stereocenters. The first-order valence-corrected chi connectivity index (χ1v) is 0.924. The van der Waals surface area contributed by atoms with E-state index in [0.29, 0.717) is 0 Å². The van der Waals surface area contributed by atoms with Crippen molar-refractivity contribution in [2.45, 2.75) is 0 Å². The fraction of sp³-hybridized carbons (Fsp3) is 1.00. The van der Waals surface area contributed by atoms with Gasteiger partial charge in [-0.05, 0) is 0 Å². The predicted octanol–water partition coefficient (Wildman–Crippen LogP) is -1.10. The zero-order valence-corrected chi connectivity index (χ0v) is 2.18. The van der Waals surface area contributed by atoms with Crippen LogP contribution in [0.5, 0.6) is 0 Å². The Labute approximate surface area is 24.4 Å². The van der Waals surface area contributed by atoms with Gasteiger partial charge in [0.2, 0.25) is 0 Å². The highest BCUT2D eigenvalue weighted by atomic mass is 16.5. The number of rotatable bonds is 1. The van der Waals surface area contributed by atoms with E-state index in [1.807, 2.05) is 0 Å². The SMILES string of the molecule is NC[N]O. The van der Waals surface area contributed by atoms with E-state index in [4.69, 9.17) is 5.21 Å². The van der Waals surface area contributed by atoms with Crippen LogP contribution in [0.1, 0.15) is 0 Å². The molecule has 0 saturated carbocycles. The van der Waals surface area contributed by atoms with Gasteiger partial charge in [-0.2, -0.15) is 0 Å². The van der Waals surface area contributed by atoms with Crippen LogP contribution >= 0.6 is 0 Å². The topological polar surface area (TPSA) is 60.4 Å². The molecule has 3 N–H and O–H groups in total. The molecule has 0 aliphatic carbocycles. The van der Waals surface area contributed by atoms with Crippen LogP contribution in [0.2, 0.25) is 0 Å². The highest BCUT2D eigenvalue weighted by Gasteiger charge is 1.55. The van der Waals surface area contributed by atoms with Gasteiger partial charge in [0.1, 0.15) is 0 Å². The van der Waals surface area contributed by atoms with Gasteiger partial charge in [-0.3, -0.25) is 5.21 Å². The molecule has 25 valence electrons. The molecule has 0 spiro atoms. The molecule has 0 aliphatic heterocycles. The lowest BCUT2D eigenvalue weighted by atomic mass is 11.3. The molecule has 4 heavy (non-hydrogen) atoms. The molecule has 0 saturated heterocycles. The Balaban J connectivity index is 1.97. The van der Waals surface area contributed by atoms with Crippen LogP contribution in [0.15, 0.2) is 0 Å². The summed E-state index contributed by atoms with van der Waals surface area (Å²) in [5, 5.41) is 7.38. The first-order valence-electron chi connectivity index (χ1n) is 0.924. The summed E-state index contributed by atoms with van der Waals surface area (Å²) in [4.78, 5) is 0. The maximum absolute atomic E-state index is 7.38. The minimum Gasteiger partial charge on any atom is -0.315 e. The van der Waals surface area contributed by atoms with Crippen molar-refractivity contribution in [3.63, 3.8) is 0 Å². The first kappa shape index (κ1) is 3.88. The van der Waals surface area contributed by atoms with Crippen molar-refractivity contribution < 1.29 is 5.21 Å². The van der Waals surface area contributed by atoms with Gasteiger partial charge in [0.25, 0.3) is 0 Å². The Morgan fingerprint density at radius 1 is 2.00 bits per heavy atom. The van der Waals surface area contributed by atoms with Crippen LogP contribution in [0.25, 0.3) is 0 Å². The highest BCUT2D eigenvalue weighted by molar-refractivity contribution is 3.99. The van der Waals surface area contributed by atoms with Crippen LogP contribution in [0.3, 0.4) is 0 Å². The molecule has 0 aliphatic rings. The fourth-order valence-electron chi connectivity index (χ4n) is 0. The summed E-state index contributed by atoms with van der Waals surface area (Å²) in [7, 11) is 0. The van der Waals surface area contributed by atoms with E-state index in [2.05, 4.69) is 11.2 Å². The summed E-state index contributed by atoms with van der Waals surface area (Å²) in [6.07, 6.45) is 0. The number of hydrogen-bond donors (Lipinski definition) is 2. The van der Waals surface area contributed by atoms with Crippen LogP contribution in [-0.4, -0.2) is 11.9 Å². The van der Waals surface area contributed by atoms with Crippen molar-refractivity contribution in [2.24, 2.45) is 5.73 Å². The lowest BCUT2D eigenvalue weighted by molar-refractivity contribution is 0.159. The van der Waals surface area contributed by atoms with Gasteiger partial charge in [-0.1, -0.05) is 5.48 Å². The molecule has 0 amide bonds. The minimum absolute atomic E-state index is 0. The molecule has 0 aromatic heterocycles. The summed E-state index contributed by atoms with van der Waals surface area (Å²) in [5.41, 5.74) is 7.12. The van der Waals surface area contributed by atoms with Crippen LogP contribution in [0, 0.1) is 0 Å². The number of hydrogen-bond acceptors (Lipinski definition) is 2. The van der Waals surface area contributed by atoms with E-state index in [-0.39, 0.29) is 6.67 Å². The van der Waals surface area contributed by atoms with Gasteiger partial charge in [0.05, 0.1) is 6.67 Å². The molecule has 0 aromatic rings. The Morgan fingerprint density at radius 3 is 2.25 bits per heavy atom. The van der Waals surface area contributed by atoms with Gasteiger partial charge >= 0.3 is 0 Å². The zero-order valence-electron chi connectivity index (χ0n) is 2.18. The monoisotopic (exact) mass is 61.0 g/mol. The molecule has 0 atom stereocenters. The smallest absolute Gasteiger partial charge is 0.0893 e.